The van der Waals surface area contributed by atoms with Crippen molar-refractivity contribution in [3.63, 3.8) is 0 Å². The van der Waals surface area contributed by atoms with E-state index in [1.54, 1.807) is 24.3 Å². The fraction of sp³-hybridized carbons (Fsp3) is 0.211. The summed E-state index contributed by atoms with van der Waals surface area (Å²) in [5, 5.41) is 0. The number of hydrogen-bond acceptors (Lipinski definition) is 4. The Morgan fingerprint density at radius 2 is 1.68 bits per heavy atom. The summed E-state index contributed by atoms with van der Waals surface area (Å²) >= 11 is 3.36. The molecule has 0 radical (unpaired) electrons. The molecule has 2 aromatic carbocycles. The molecule has 2 aromatic rings. The molecule has 25 heavy (non-hydrogen) atoms. The van der Waals surface area contributed by atoms with E-state index < -0.39 is 0 Å². The summed E-state index contributed by atoms with van der Waals surface area (Å²) in [6.45, 7) is 0.406. The SMILES string of the molecule is O=C(CCCN1C(=O)c2ccccc2C1=O)OCc1cccc(Br)c1. The Kier molecular flexibility index (Phi) is 5.28. The Morgan fingerprint density at radius 1 is 1.00 bits per heavy atom. The molecule has 128 valence electrons. The smallest absolute Gasteiger partial charge is 0.306 e. The number of fused-ring (bicyclic) bond motifs is 1. The fourth-order valence-corrected chi connectivity index (χ4v) is 3.13. The van der Waals surface area contributed by atoms with Crippen molar-refractivity contribution in [1.29, 1.82) is 0 Å². The second kappa shape index (κ2) is 7.61. The van der Waals surface area contributed by atoms with Crippen LogP contribution in [-0.4, -0.2) is 29.2 Å². The molecule has 3 rings (SSSR count). The van der Waals surface area contributed by atoms with E-state index in [1.807, 2.05) is 24.3 Å². The van der Waals surface area contributed by atoms with E-state index in [9.17, 15) is 14.4 Å². The number of ether oxygens (including phenoxy) is 1. The standard InChI is InChI=1S/C19H16BrNO4/c20-14-6-3-5-13(11-14)12-25-17(22)9-4-10-21-18(23)15-7-1-2-8-16(15)19(21)24/h1-3,5-8,11H,4,9-10,12H2. The molecule has 5 nitrogen and oxygen atoms in total. The number of carbonyl (C=O) groups excluding carboxylic acids is 3. The first kappa shape index (κ1) is 17.4. The van der Waals surface area contributed by atoms with E-state index in [2.05, 4.69) is 15.9 Å². The molecule has 0 saturated heterocycles. The number of rotatable bonds is 6. The Hall–Kier alpha value is -2.47. The monoisotopic (exact) mass is 401 g/mol. The largest absolute Gasteiger partial charge is 0.461 e. The zero-order chi connectivity index (χ0) is 17.8. The normalized spacial score (nSPS) is 13.1. The van der Waals surface area contributed by atoms with Gasteiger partial charge in [-0.3, -0.25) is 19.3 Å². The number of benzene rings is 2. The summed E-state index contributed by atoms with van der Waals surface area (Å²) in [7, 11) is 0. The summed E-state index contributed by atoms with van der Waals surface area (Å²) in [5.74, 6) is -0.956. The molecule has 0 fully saturated rings. The van der Waals surface area contributed by atoms with Crippen molar-refractivity contribution in [2.45, 2.75) is 19.4 Å². The minimum absolute atomic E-state index is 0.154. The van der Waals surface area contributed by atoms with Crippen LogP contribution in [0.4, 0.5) is 0 Å². The van der Waals surface area contributed by atoms with Crippen molar-refractivity contribution in [3.05, 3.63) is 69.7 Å². The van der Waals surface area contributed by atoms with Gasteiger partial charge in [0.15, 0.2) is 0 Å². The quantitative estimate of drug-likeness (QED) is 0.548. The van der Waals surface area contributed by atoms with E-state index in [0.717, 1.165) is 10.0 Å². The lowest BCUT2D eigenvalue weighted by molar-refractivity contribution is -0.145. The third kappa shape index (κ3) is 3.96. The highest BCUT2D eigenvalue weighted by atomic mass is 79.9. The summed E-state index contributed by atoms with van der Waals surface area (Å²) < 4.78 is 6.14. The van der Waals surface area contributed by atoms with E-state index in [0.29, 0.717) is 17.5 Å². The first-order valence-electron chi connectivity index (χ1n) is 7.91. The fourth-order valence-electron chi connectivity index (χ4n) is 2.69. The summed E-state index contributed by atoms with van der Waals surface area (Å²) in [6.07, 6.45) is 0.532. The maximum atomic E-state index is 12.2. The lowest BCUT2D eigenvalue weighted by Gasteiger charge is -2.13. The van der Waals surface area contributed by atoms with E-state index in [4.69, 9.17) is 4.74 Å². The van der Waals surface area contributed by atoms with Crippen LogP contribution in [0.2, 0.25) is 0 Å². The third-order valence-corrected chi connectivity index (χ3v) is 4.42. The van der Waals surface area contributed by atoms with Crippen LogP contribution in [0, 0.1) is 0 Å². The van der Waals surface area contributed by atoms with Gasteiger partial charge in [-0.15, -0.1) is 0 Å². The highest BCUT2D eigenvalue weighted by molar-refractivity contribution is 9.10. The molecular weight excluding hydrogens is 386 g/mol. The van der Waals surface area contributed by atoms with Crippen molar-refractivity contribution >= 4 is 33.7 Å². The zero-order valence-electron chi connectivity index (χ0n) is 13.4. The molecule has 0 saturated carbocycles. The van der Waals surface area contributed by atoms with Gasteiger partial charge in [-0.05, 0) is 36.2 Å². The van der Waals surface area contributed by atoms with Crippen molar-refractivity contribution in [3.8, 4) is 0 Å². The average Bonchev–Trinajstić information content (AvgIpc) is 2.85. The number of nitrogens with zero attached hydrogens (tertiary/aromatic N) is 1. The van der Waals surface area contributed by atoms with Crippen LogP contribution < -0.4 is 0 Å². The van der Waals surface area contributed by atoms with Gasteiger partial charge in [0.25, 0.3) is 11.8 Å². The minimum atomic E-state index is -0.350. The first-order valence-corrected chi connectivity index (χ1v) is 8.71. The highest BCUT2D eigenvalue weighted by Gasteiger charge is 2.34. The molecule has 1 aliphatic rings. The third-order valence-electron chi connectivity index (χ3n) is 3.93. The van der Waals surface area contributed by atoms with Gasteiger partial charge >= 0.3 is 5.97 Å². The number of amides is 2. The van der Waals surface area contributed by atoms with E-state index in [-0.39, 0.29) is 37.4 Å². The van der Waals surface area contributed by atoms with Crippen molar-refractivity contribution in [2.24, 2.45) is 0 Å². The number of hydrogen-bond donors (Lipinski definition) is 0. The Bertz CT molecular complexity index is 799. The first-order chi connectivity index (χ1) is 12.1. The van der Waals surface area contributed by atoms with E-state index in [1.165, 1.54) is 4.90 Å². The number of imide groups is 1. The van der Waals surface area contributed by atoms with Crippen LogP contribution in [0.5, 0.6) is 0 Å². The molecule has 0 aromatic heterocycles. The molecule has 0 unspecified atom stereocenters. The molecule has 0 spiro atoms. The summed E-state index contributed by atoms with van der Waals surface area (Å²) in [4.78, 5) is 37.4. The summed E-state index contributed by atoms with van der Waals surface area (Å²) in [6, 6.07) is 14.3. The molecule has 1 heterocycles. The second-order valence-corrected chi connectivity index (χ2v) is 6.62. The van der Waals surface area contributed by atoms with Gasteiger partial charge < -0.3 is 4.74 Å². The molecule has 0 N–H and O–H groups in total. The Labute approximate surface area is 153 Å². The molecule has 1 aliphatic heterocycles. The Balaban J connectivity index is 1.46. The number of carbonyl (C=O) groups is 3. The van der Waals surface area contributed by atoms with Crippen LogP contribution in [-0.2, 0) is 16.1 Å². The van der Waals surface area contributed by atoms with Gasteiger partial charge in [0.2, 0.25) is 0 Å². The number of esters is 1. The van der Waals surface area contributed by atoms with Crippen LogP contribution in [0.3, 0.4) is 0 Å². The van der Waals surface area contributed by atoms with Crippen molar-refractivity contribution < 1.29 is 19.1 Å². The predicted molar refractivity (Wildman–Crippen MR) is 95.0 cm³/mol. The molecule has 0 aliphatic carbocycles. The van der Waals surface area contributed by atoms with Crippen LogP contribution in [0.1, 0.15) is 39.1 Å². The van der Waals surface area contributed by atoms with Crippen LogP contribution in [0.15, 0.2) is 53.0 Å². The van der Waals surface area contributed by atoms with Gasteiger partial charge in [-0.2, -0.15) is 0 Å². The topological polar surface area (TPSA) is 63.7 Å². The Morgan fingerprint density at radius 3 is 2.32 bits per heavy atom. The van der Waals surface area contributed by atoms with Gasteiger partial charge in [0.05, 0.1) is 11.1 Å². The van der Waals surface area contributed by atoms with Crippen LogP contribution >= 0.6 is 15.9 Å². The van der Waals surface area contributed by atoms with Gasteiger partial charge in [0, 0.05) is 17.4 Å². The lowest BCUT2D eigenvalue weighted by Crippen LogP contribution is -2.31. The average molecular weight is 402 g/mol. The van der Waals surface area contributed by atoms with Crippen molar-refractivity contribution in [2.75, 3.05) is 6.54 Å². The number of halogens is 1. The second-order valence-electron chi connectivity index (χ2n) is 5.70. The molecule has 0 bridgehead atoms. The highest BCUT2D eigenvalue weighted by Crippen LogP contribution is 2.22. The predicted octanol–water partition coefficient (Wildman–Crippen LogP) is 3.57. The van der Waals surface area contributed by atoms with Crippen molar-refractivity contribution in [1.82, 2.24) is 4.90 Å². The summed E-state index contributed by atoms with van der Waals surface area (Å²) in [5.41, 5.74) is 1.73. The molecule has 0 atom stereocenters. The van der Waals surface area contributed by atoms with E-state index >= 15 is 0 Å². The zero-order valence-corrected chi connectivity index (χ0v) is 15.0. The maximum Gasteiger partial charge on any atom is 0.306 e. The lowest BCUT2D eigenvalue weighted by atomic mass is 10.1. The minimum Gasteiger partial charge on any atom is -0.461 e. The van der Waals surface area contributed by atoms with Gasteiger partial charge in [-0.1, -0.05) is 40.2 Å². The van der Waals surface area contributed by atoms with Crippen LogP contribution in [0.25, 0.3) is 0 Å². The molecular formula is C19H16BrNO4. The molecule has 2 amide bonds. The van der Waals surface area contributed by atoms with Gasteiger partial charge in [0.1, 0.15) is 6.61 Å². The maximum absolute atomic E-state index is 12.2. The van der Waals surface area contributed by atoms with Gasteiger partial charge in [-0.25, -0.2) is 0 Å². The molecule has 6 heteroatoms.